The predicted molar refractivity (Wildman–Crippen MR) is 160 cm³/mol. The first-order chi connectivity index (χ1) is 18.5. The van der Waals surface area contributed by atoms with Crippen molar-refractivity contribution in [2.75, 3.05) is 0 Å². The van der Waals surface area contributed by atoms with Gasteiger partial charge in [0.15, 0.2) is 5.17 Å². The number of para-hydroxylation sites is 1. The van der Waals surface area contributed by atoms with Gasteiger partial charge in [-0.1, -0.05) is 55.7 Å². The normalized spacial score (nSPS) is 18.3. The van der Waals surface area contributed by atoms with E-state index in [1.54, 1.807) is 24.3 Å². The maximum Gasteiger partial charge on any atom is 0.335 e. The van der Waals surface area contributed by atoms with Gasteiger partial charge in [0.05, 0.1) is 19.7 Å². The third-order valence-electron chi connectivity index (χ3n) is 6.61. The highest BCUT2D eigenvalue weighted by atomic mass is 127. The average molecular weight is 639 g/mol. The number of amides is 1. The molecule has 1 saturated carbocycles. The minimum absolute atomic E-state index is 0.0247. The minimum Gasteiger partial charge on any atom is -0.488 e. The van der Waals surface area contributed by atoms with Gasteiger partial charge >= 0.3 is 5.97 Å². The lowest BCUT2D eigenvalue weighted by Gasteiger charge is -2.30. The second-order valence-electron chi connectivity index (χ2n) is 9.29. The van der Waals surface area contributed by atoms with Gasteiger partial charge in [0, 0.05) is 6.04 Å². The second-order valence-corrected chi connectivity index (χ2v) is 11.5. The summed E-state index contributed by atoms with van der Waals surface area (Å²) in [5, 5.41) is 9.81. The zero-order chi connectivity index (χ0) is 26.5. The molecule has 3 aromatic rings. The maximum absolute atomic E-state index is 13.6. The highest BCUT2D eigenvalue weighted by Gasteiger charge is 2.38. The Bertz CT molecular complexity index is 1380. The highest BCUT2D eigenvalue weighted by molar-refractivity contribution is 14.1. The Morgan fingerprint density at radius 2 is 1.79 bits per heavy atom. The Labute approximate surface area is 239 Å². The molecule has 1 aliphatic carbocycles. The van der Waals surface area contributed by atoms with Gasteiger partial charge in [-0.25, -0.2) is 9.79 Å². The van der Waals surface area contributed by atoms with Crippen LogP contribution in [0.25, 0.3) is 6.08 Å². The summed E-state index contributed by atoms with van der Waals surface area (Å²) in [6, 6.07) is 22.5. The third kappa shape index (κ3) is 6.30. The van der Waals surface area contributed by atoms with Gasteiger partial charge in [-0.05, 0) is 101 Å². The summed E-state index contributed by atoms with van der Waals surface area (Å²) in [4.78, 5) is 32.1. The van der Waals surface area contributed by atoms with Crippen molar-refractivity contribution < 1.29 is 19.4 Å². The van der Waals surface area contributed by atoms with Crippen molar-refractivity contribution in [3.8, 4) is 5.75 Å². The summed E-state index contributed by atoms with van der Waals surface area (Å²) in [7, 11) is 0. The van der Waals surface area contributed by atoms with Crippen LogP contribution in [0.1, 0.15) is 53.6 Å². The van der Waals surface area contributed by atoms with E-state index < -0.39 is 5.97 Å². The quantitative estimate of drug-likeness (QED) is 0.214. The SMILES string of the molecule is O=C(O)c1ccc(COc2ccc(/C=C3\SC(=Nc4ccccc4)N(C4CCCCC4)C3=O)cc2I)cc1. The Morgan fingerprint density at radius 3 is 2.47 bits per heavy atom. The summed E-state index contributed by atoms with van der Waals surface area (Å²) in [5.41, 5.74) is 2.91. The molecule has 1 amide bonds. The van der Waals surface area contributed by atoms with Crippen LogP contribution in [0.4, 0.5) is 5.69 Å². The minimum atomic E-state index is -0.948. The molecule has 0 aromatic heterocycles. The number of carboxylic acid groups (broad SMARTS) is 1. The fourth-order valence-corrected chi connectivity index (χ4v) is 6.37. The summed E-state index contributed by atoms with van der Waals surface area (Å²) in [5.74, 6) is -0.191. The van der Waals surface area contributed by atoms with Gasteiger partial charge in [-0.15, -0.1) is 0 Å². The van der Waals surface area contributed by atoms with Gasteiger partial charge in [-0.3, -0.25) is 9.69 Å². The van der Waals surface area contributed by atoms with Crippen molar-refractivity contribution in [2.24, 2.45) is 4.99 Å². The molecule has 1 saturated heterocycles. The van der Waals surface area contributed by atoms with E-state index >= 15 is 0 Å². The highest BCUT2D eigenvalue weighted by Crippen LogP contribution is 2.39. The number of carbonyl (C=O) groups excluding carboxylic acids is 1. The van der Waals surface area contributed by atoms with Crippen molar-refractivity contribution in [3.05, 3.63) is 98.0 Å². The van der Waals surface area contributed by atoms with Crippen molar-refractivity contribution in [1.82, 2.24) is 4.90 Å². The third-order valence-corrected chi connectivity index (χ3v) is 8.43. The van der Waals surface area contributed by atoms with Gasteiger partial charge in [0.2, 0.25) is 0 Å². The van der Waals surface area contributed by atoms with Gasteiger partial charge in [-0.2, -0.15) is 0 Å². The number of hydrogen-bond acceptors (Lipinski definition) is 5. The van der Waals surface area contributed by atoms with Crippen LogP contribution in [0.5, 0.6) is 5.75 Å². The molecular formula is C30H27IN2O4S. The monoisotopic (exact) mass is 638 g/mol. The van der Waals surface area contributed by atoms with Crippen LogP contribution < -0.4 is 4.74 Å². The average Bonchev–Trinajstić information content (AvgIpc) is 3.23. The first kappa shape index (κ1) is 26.5. The molecule has 5 rings (SSSR count). The van der Waals surface area contributed by atoms with Crippen molar-refractivity contribution in [3.63, 3.8) is 0 Å². The van der Waals surface area contributed by atoms with Crippen molar-refractivity contribution in [2.45, 2.75) is 44.8 Å². The number of carbonyl (C=O) groups is 2. The smallest absolute Gasteiger partial charge is 0.335 e. The Kier molecular flexibility index (Phi) is 8.48. The lowest BCUT2D eigenvalue weighted by atomic mass is 9.94. The molecule has 2 aliphatic rings. The van der Waals surface area contributed by atoms with Crippen LogP contribution in [0.15, 0.2) is 82.7 Å². The molecule has 0 bridgehead atoms. The molecule has 1 aliphatic heterocycles. The molecule has 1 N–H and O–H groups in total. The van der Waals surface area contributed by atoms with E-state index in [0.29, 0.717) is 11.5 Å². The van der Waals surface area contributed by atoms with E-state index in [9.17, 15) is 9.59 Å². The Morgan fingerprint density at radius 1 is 1.05 bits per heavy atom. The van der Waals surface area contributed by atoms with E-state index in [0.717, 1.165) is 57.0 Å². The molecule has 8 heteroatoms. The van der Waals surface area contributed by atoms with E-state index in [4.69, 9.17) is 14.8 Å². The zero-order valence-electron chi connectivity index (χ0n) is 20.7. The second kappa shape index (κ2) is 12.2. The number of aliphatic imine (C=N–C) groups is 1. The number of benzene rings is 3. The van der Waals surface area contributed by atoms with Crippen molar-refractivity contribution >= 4 is 63.2 Å². The first-order valence-electron chi connectivity index (χ1n) is 12.6. The molecule has 0 radical (unpaired) electrons. The lowest BCUT2D eigenvalue weighted by molar-refractivity contribution is -0.124. The van der Waals surface area contributed by atoms with Gasteiger partial charge in [0.25, 0.3) is 5.91 Å². The fourth-order valence-electron chi connectivity index (χ4n) is 4.62. The molecule has 3 aromatic carbocycles. The number of thioether (sulfide) groups is 1. The van der Waals surface area contributed by atoms with Crippen LogP contribution in [0.2, 0.25) is 0 Å². The van der Waals surface area contributed by atoms with Crippen LogP contribution >= 0.6 is 34.4 Å². The first-order valence-corrected chi connectivity index (χ1v) is 14.5. The standard InChI is InChI=1S/C30H27IN2O4S/c31-25-17-21(13-16-26(25)37-19-20-11-14-22(15-12-20)29(35)36)18-27-28(34)33(24-9-5-2-6-10-24)30(38-27)32-23-7-3-1-4-8-23/h1,3-4,7-8,11-18,24H,2,5-6,9-10,19H2,(H,35,36)/b27-18-,32-30?. The topological polar surface area (TPSA) is 79.2 Å². The molecule has 6 nitrogen and oxygen atoms in total. The number of rotatable bonds is 7. The number of aromatic carboxylic acids is 1. The molecule has 2 fully saturated rings. The molecule has 0 atom stereocenters. The lowest BCUT2D eigenvalue weighted by Crippen LogP contribution is -2.40. The number of amidine groups is 1. The van der Waals surface area contributed by atoms with E-state index in [1.807, 2.05) is 59.5 Å². The molecule has 194 valence electrons. The number of ether oxygens (including phenoxy) is 1. The summed E-state index contributed by atoms with van der Waals surface area (Å²) in [6.07, 6.45) is 7.46. The number of nitrogens with zero attached hydrogens (tertiary/aromatic N) is 2. The summed E-state index contributed by atoms with van der Waals surface area (Å²) >= 11 is 3.68. The van der Waals surface area contributed by atoms with Crippen molar-refractivity contribution in [1.29, 1.82) is 0 Å². The van der Waals surface area contributed by atoms with Crippen LogP contribution in [0, 0.1) is 3.57 Å². The molecule has 0 spiro atoms. The summed E-state index contributed by atoms with van der Waals surface area (Å²) in [6.45, 7) is 0.334. The van der Waals surface area contributed by atoms with Crippen LogP contribution in [0.3, 0.4) is 0 Å². The molecule has 0 unspecified atom stereocenters. The molecular weight excluding hydrogens is 611 g/mol. The van der Waals surface area contributed by atoms with E-state index in [-0.39, 0.29) is 17.5 Å². The molecule has 1 heterocycles. The van der Waals surface area contributed by atoms with Crippen LogP contribution in [-0.2, 0) is 11.4 Å². The zero-order valence-corrected chi connectivity index (χ0v) is 23.7. The number of carboxylic acids is 1. The van der Waals surface area contributed by atoms with E-state index in [1.165, 1.54) is 18.2 Å². The van der Waals surface area contributed by atoms with E-state index in [2.05, 4.69) is 22.6 Å². The number of hydrogen-bond donors (Lipinski definition) is 1. The number of halogens is 1. The molecule has 38 heavy (non-hydrogen) atoms. The summed E-state index contributed by atoms with van der Waals surface area (Å²) < 4.78 is 6.90. The largest absolute Gasteiger partial charge is 0.488 e. The Balaban J connectivity index is 1.34. The van der Waals surface area contributed by atoms with Crippen LogP contribution in [-0.4, -0.2) is 33.1 Å². The maximum atomic E-state index is 13.6. The van der Waals surface area contributed by atoms with Gasteiger partial charge in [0.1, 0.15) is 12.4 Å². The fraction of sp³-hybridized carbons (Fsp3) is 0.233. The van der Waals surface area contributed by atoms with Gasteiger partial charge < -0.3 is 9.84 Å². The predicted octanol–water partition coefficient (Wildman–Crippen LogP) is 7.51. The Hall–Kier alpha value is -3.11.